The van der Waals surface area contributed by atoms with Gasteiger partial charge >= 0.3 is 0 Å². The van der Waals surface area contributed by atoms with Crippen molar-refractivity contribution in [2.75, 3.05) is 13.6 Å². The minimum atomic E-state index is -3.82. The highest BCUT2D eigenvalue weighted by molar-refractivity contribution is 7.89. The Morgan fingerprint density at radius 3 is 2.71 bits per heavy atom. The van der Waals surface area contributed by atoms with E-state index in [0.29, 0.717) is 0 Å². The van der Waals surface area contributed by atoms with Crippen molar-refractivity contribution in [3.63, 3.8) is 0 Å². The summed E-state index contributed by atoms with van der Waals surface area (Å²) in [4.78, 5) is 11.6. The average molecular weight is 328 g/mol. The number of carbonyl (C=O) groups is 1. The van der Waals surface area contributed by atoms with Crippen molar-refractivity contribution in [3.05, 3.63) is 28.8 Å². The fraction of sp³-hybridized carbons (Fsp3) is 0.385. The van der Waals surface area contributed by atoms with Gasteiger partial charge in [0.2, 0.25) is 15.9 Å². The summed E-state index contributed by atoms with van der Waals surface area (Å²) in [6, 6.07) is 5.89. The Labute approximate surface area is 128 Å². The molecule has 1 N–H and O–H groups in total. The fourth-order valence-corrected chi connectivity index (χ4v) is 3.16. The Bertz CT molecular complexity index is 708. The number of carbonyl (C=O) groups excluding carboxylic acids is 1. The molecule has 2 rings (SSSR count). The quantitative estimate of drug-likeness (QED) is 0.877. The van der Waals surface area contributed by atoms with Crippen molar-refractivity contribution in [2.45, 2.75) is 23.8 Å². The number of nitrogens with one attached hydrogen (secondary N) is 1. The van der Waals surface area contributed by atoms with Crippen molar-refractivity contribution < 1.29 is 13.2 Å². The van der Waals surface area contributed by atoms with Gasteiger partial charge in [0.1, 0.15) is 6.07 Å². The number of likely N-dealkylation sites (N-methyl/N-ethyl adjacent to an activating group) is 1. The minimum Gasteiger partial charge on any atom is -0.352 e. The van der Waals surface area contributed by atoms with Crippen LogP contribution in [0.25, 0.3) is 0 Å². The van der Waals surface area contributed by atoms with E-state index in [1.807, 2.05) is 6.07 Å². The first-order chi connectivity index (χ1) is 9.84. The van der Waals surface area contributed by atoms with Gasteiger partial charge in [-0.05, 0) is 31.0 Å². The molecule has 0 heterocycles. The standard InChI is InChI=1S/C13H14ClN3O3S/c1-17(8-13(18)16-10-3-4-10)21(19,20)11-5-2-9(7-15)12(14)6-11/h2,5-6,10H,3-4,8H2,1H3,(H,16,18). The number of nitrogens with zero attached hydrogens (tertiary/aromatic N) is 2. The van der Waals surface area contributed by atoms with Crippen molar-refractivity contribution in [2.24, 2.45) is 0 Å². The second-order valence-corrected chi connectivity index (χ2v) is 7.31. The number of hydrogen-bond acceptors (Lipinski definition) is 4. The van der Waals surface area contributed by atoms with E-state index in [1.165, 1.54) is 25.2 Å². The third-order valence-electron chi connectivity index (χ3n) is 3.08. The van der Waals surface area contributed by atoms with Crippen molar-refractivity contribution in [3.8, 4) is 6.07 Å². The third kappa shape index (κ3) is 3.73. The Hall–Kier alpha value is -1.62. The molecule has 0 aliphatic heterocycles. The molecule has 0 atom stereocenters. The molecule has 1 aliphatic carbocycles. The van der Waals surface area contributed by atoms with Crippen LogP contribution >= 0.6 is 11.6 Å². The van der Waals surface area contributed by atoms with E-state index in [0.717, 1.165) is 17.1 Å². The number of halogens is 1. The summed E-state index contributed by atoms with van der Waals surface area (Å²) in [7, 11) is -2.49. The molecular formula is C13H14ClN3O3S. The molecule has 0 radical (unpaired) electrons. The van der Waals surface area contributed by atoms with Gasteiger partial charge in [0, 0.05) is 13.1 Å². The van der Waals surface area contributed by atoms with Gasteiger partial charge in [0.25, 0.3) is 0 Å². The molecule has 1 aromatic rings. The lowest BCUT2D eigenvalue weighted by Gasteiger charge is -2.17. The second kappa shape index (κ2) is 6.02. The van der Waals surface area contributed by atoms with Crippen molar-refractivity contribution >= 4 is 27.5 Å². The molecule has 6 nitrogen and oxygen atoms in total. The van der Waals surface area contributed by atoms with Crippen molar-refractivity contribution in [1.29, 1.82) is 5.26 Å². The van der Waals surface area contributed by atoms with Crippen LogP contribution in [0.1, 0.15) is 18.4 Å². The Kier molecular flexibility index (Phi) is 4.52. The zero-order valence-corrected chi connectivity index (χ0v) is 12.9. The van der Waals surface area contributed by atoms with Gasteiger partial charge in [-0.1, -0.05) is 11.6 Å². The van der Waals surface area contributed by atoms with Gasteiger partial charge in [0.15, 0.2) is 0 Å². The number of rotatable bonds is 5. The number of hydrogen-bond donors (Lipinski definition) is 1. The molecule has 0 spiro atoms. The summed E-state index contributed by atoms with van der Waals surface area (Å²) in [6.45, 7) is -0.254. The molecule has 1 saturated carbocycles. The Morgan fingerprint density at radius 1 is 1.52 bits per heavy atom. The lowest BCUT2D eigenvalue weighted by Crippen LogP contribution is -2.39. The van der Waals surface area contributed by atoms with Crippen LogP contribution in [0.4, 0.5) is 0 Å². The first-order valence-electron chi connectivity index (χ1n) is 6.30. The molecule has 1 aliphatic rings. The van der Waals surface area contributed by atoms with Gasteiger partial charge < -0.3 is 5.32 Å². The summed E-state index contributed by atoms with van der Waals surface area (Å²) >= 11 is 5.84. The smallest absolute Gasteiger partial charge is 0.243 e. The van der Waals surface area contributed by atoms with E-state index < -0.39 is 10.0 Å². The molecule has 0 unspecified atom stereocenters. The predicted octanol–water partition coefficient (Wildman–Crippen LogP) is 1.11. The van der Waals surface area contributed by atoms with Crippen LogP contribution in [0.3, 0.4) is 0 Å². The number of sulfonamides is 1. The molecule has 1 fully saturated rings. The average Bonchev–Trinajstić information content (AvgIpc) is 3.22. The zero-order valence-electron chi connectivity index (χ0n) is 11.3. The molecule has 1 amide bonds. The molecule has 0 aromatic heterocycles. The summed E-state index contributed by atoms with van der Waals surface area (Å²) in [5, 5.41) is 11.6. The van der Waals surface area contributed by atoms with Gasteiger partial charge in [-0.3, -0.25) is 4.79 Å². The van der Waals surface area contributed by atoms with Crippen LogP contribution in [0.2, 0.25) is 5.02 Å². The molecule has 0 bridgehead atoms. The summed E-state index contributed by atoms with van der Waals surface area (Å²) in [6.07, 6.45) is 1.88. The van der Waals surface area contributed by atoms with E-state index in [-0.39, 0.29) is 34.0 Å². The lowest BCUT2D eigenvalue weighted by molar-refractivity contribution is -0.121. The van der Waals surface area contributed by atoms with Gasteiger partial charge in [-0.2, -0.15) is 9.57 Å². The molecule has 112 valence electrons. The highest BCUT2D eigenvalue weighted by atomic mass is 35.5. The van der Waals surface area contributed by atoms with Gasteiger partial charge in [-0.15, -0.1) is 0 Å². The molecule has 21 heavy (non-hydrogen) atoms. The van der Waals surface area contributed by atoms with Crippen LogP contribution in [-0.4, -0.2) is 38.3 Å². The second-order valence-electron chi connectivity index (χ2n) is 4.86. The summed E-state index contributed by atoms with van der Waals surface area (Å²) in [5.41, 5.74) is 0.199. The SMILES string of the molecule is CN(CC(=O)NC1CC1)S(=O)(=O)c1ccc(C#N)c(Cl)c1. The van der Waals surface area contributed by atoms with Crippen LogP contribution in [0.15, 0.2) is 23.1 Å². The molecule has 0 saturated heterocycles. The maximum Gasteiger partial charge on any atom is 0.243 e. The van der Waals surface area contributed by atoms with E-state index >= 15 is 0 Å². The molecule has 8 heteroatoms. The largest absolute Gasteiger partial charge is 0.352 e. The van der Waals surface area contributed by atoms with Crippen LogP contribution in [0.5, 0.6) is 0 Å². The molecule has 1 aromatic carbocycles. The first-order valence-corrected chi connectivity index (χ1v) is 8.11. The topological polar surface area (TPSA) is 90.3 Å². The van der Waals surface area contributed by atoms with E-state index in [4.69, 9.17) is 16.9 Å². The van der Waals surface area contributed by atoms with Crippen molar-refractivity contribution in [1.82, 2.24) is 9.62 Å². The monoisotopic (exact) mass is 327 g/mol. The molecular weight excluding hydrogens is 314 g/mol. The predicted molar refractivity (Wildman–Crippen MR) is 77.1 cm³/mol. The van der Waals surface area contributed by atoms with E-state index in [1.54, 1.807) is 0 Å². The van der Waals surface area contributed by atoms with Gasteiger partial charge in [-0.25, -0.2) is 8.42 Å². The van der Waals surface area contributed by atoms with Gasteiger partial charge in [0.05, 0.1) is 22.0 Å². The number of benzene rings is 1. The van der Waals surface area contributed by atoms with Crippen LogP contribution < -0.4 is 5.32 Å². The van der Waals surface area contributed by atoms with E-state index in [2.05, 4.69) is 5.32 Å². The summed E-state index contributed by atoms with van der Waals surface area (Å²) < 4.78 is 25.6. The van der Waals surface area contributed by atoms with Crippen LogP contribution in [0, 0.1) is 11.3 Å². The lowest BCUT2D eigenvalue weighted by atomic mass is 10.2. The normalized spacial score (nSPS) is 14.8. The highest BCUT2D eigenvalue weighted by Gasteiger charge is 2.27. The van der Waals surface area contributed by atoms with Crippen LogP contribution in [-0.2, 0) is 14.8 Å². The minimum absolute atomic E-state index is 0.0479. The number of amides is 1. The zero-order chi connectivity index (χ0) is 15.6. The fourth-order valence-electron chi connectivity index (χ4n) is 1.72. The maximum atomic E-state index is 12.3. The first kappa shape index (κ1) is 15.8. The Balaban J connectivity index is 2.14. The highest BCUT2D eigenvalue weighted by Crippen LogP contribution is 2.22. The third-order valence-corrected chi connectivity index (χ3v) is 5.19. The Morgan fingerprint density at radius 2 is 2.19 bits per heavy atom. The van der Waals surface area contributed by atoms with E-state index in [9.17, 15) is 13.2 Å². The maximum absolute atomic E-state index is 12.3. The summed E-state index contributed by atoms with van der Waals surface area (Å²) in [5.74, 6) is -0.330. The number of nitriles is 1.